The van der Waals surface area contributed by atoms with Crippen molar-refractivity contribution in [1.29, 1.82) is 0 Å². The molecule has 2 aliphatic rings. The lowest BCUT2D eigenvalue weighted by Crippen LogP contribution is -2.37. The Morgan fingerprint density at radius 2 is 1.47 bits per heavy atom. The zero-order chi connectivity index (χ0) is 23.4. The zero-order valence-corrected chi connectivity index (χ0v) is 17.9. The van der Waals surface area contributed by atoms with Gasteiger partial charge in [0.2, 0.25) is 5.91 Å². The van der Waals surface area contributed by atoms with E-state index in [2.05, 4.69) is 0 Å². The summed E-state index contributed by atoms with van der Waals surface area (Å²) >= 11 is 0. The molecule has 3 atom stereocenters. The Balaban J connectivity index is 1.48. The molecule has 0 saturated carbocycles. The number of hydrogen-bond acceptors (Lipinski definition) is 6. The second-order valence-electron chi connectivity index (χ2n) is 8.42. The van der Waals surface area contributed by atoms with E-state index in [1.165, 1.54) is 17.0 Å². The lowest BCUT2D eigenvalue weighted by Gasteiger charge is -2.29. The number of anilines is 2. The summed E-state index contributed by atoms with van der Waals surface area (Å²) in [7, 11) is 0. The predicted molar refractivity (Wildman–Crippen MR) is 126 cm³/mol. The number of imide groups is 1. The molecule has 0 spiro atoms. The number of carbonyl (C=O) groups is 2. The number of hydroxylamine groups is 1. The molecule has 34 heavy (non-hydrogen) atoms. The van der Waals surface area contributed by atoms with E-state index in [4.69, 9.17) is 4.84 Å². The van der Waals surface area contributed by atoms with Crippen LogP contribution in [0.15, 0.2) is 91.0 Å². The standard InChI is InChI=1S/C27H20N2O5/c30-21-14-13-17(15-22(21)31)24-23-25(34-29(24)18-9-2-1-3-10-18)27(33)28(26(23)32)20-12-6-8-16-7-4-5-11-19(16)20/h1-15,23-25,30-31H/t23-,24-,25+/m1/s1. The van der Waals surface area contributed by atoms with Crippen LogP contribution in [0.25, 0.3) is 10.8 Å². The lowest BCUT2D eigenvalue weighted by molar-refractivity contribution is -0.126. The molecule has 2 fully saturated rings. The second kappa shape index (κ2) is 7.60. The molecule has 0 unspecified atom stereocenters. The monoisotopic (exact) mass is 452 g/mol. The van der Waals surface area contributed by atoms with E-state index >= 15 is 0 Å². The maximum atomic E-state index is 13.8. The van der Waals surface area contributed by atoms with Gasteiger partial charge in [-0.15, -0.1) is 0 Å². The average molecular weight is 452 g/mol. The molecule has 4 aromatic carbocycles. The molecular weight excluding hydrogens is 432 g/mol. The number of carbonyl (C=O) groups excluding carboxylic acids is 2. The summed E-state index contributed by atoms with van der Waals surface area (Å²) in [6.45, 7) is 0. The third-order valence-electron chi connectivity index (χ3n) is 6.47. The van der Waals surface area contributed by atoms with Crippen LogP contribution in [0.2, 0.25) is 0 Å². The highest BCUT2D eigenvalue weighted by atomic mass is 16.7. The summed E-state index contributed by atoms with van der Waals surface area (Å²) < 4.78 is 0. The number of amides is 2. The van der Waals surface area contributed by atoms with Crippen molar-refractivity contribution >= 4 is 34.0 Å². The van der Waals surface area contributed by atoms with Crippen LogP contribution >= 0.6 is 0 Å². The Morgan fingerprint density at radius 3 is 2.26 bits per heavy atom. The van der Waals surface area contributed by atoms with Gasteiger partial charge in [-0.05, 0) is 41.3 Å². The Bertz CT molecular complexity index is 1430. The van der Waals surface area contributed by atoms with E-state index in [9.17, 15) is 19.8 Å². The molecule has 7 heteroatoms. The number of rotatable bonds is 3. The molecule has 7 nitrogen and oxygen atoms in total. The van der Waals surface area contributed by atoms with Crippen molar-refractivity contribution in [1.82, 2.24) is 0 Å². The molecule has 6 rings (SSSR count). The van der Waals surface area contributed by atoms with Gasteiger partial charge in [0, 0.05) is 5.39 Å². The zero-order valence-electron chi connectivity index (χ0n) is 17.9. The molecule has 2 amide bonds. The van der Waals surface area contributed by atoms with Gasteiger partial charge in [-0.1, -0.05) is 60.7 Å². The second-order valence-corrected chi connectivity index (χ2v) is 8.42. The summed E-state index contributed by atoms with van der Waals surface area (Å²) in [5, 5.41) is 23.2. The van der Waals surface area contributed by atoms with E-state index in [1.807, 2.05) is 66.7 Å². The van der Waals surface area contributed by atoms with Crippen LogP contribution < -0.4 is 9.96 Å². The summed E-state index contributed by atoms with van der Waals surface area (Å²) in [6.07, 6.45) is -1.02. The Hall–Kier alpha value is -4.36. The van der Waals surface area contributed by atoms with Gasteiger partial charge in [-0.2, -0.15) is 0 Å². The predicted octanol–water partition coefficient (Wildman–Crippen LogP) is 4.30. The van der Waals surface area contributed by atoms with Crippen molar-refractivity contribution in [3.63, 3.8) is 0 Å². The Morgan fingerprint density at radius 1 is 0.735 bits per heavy atom. The first-order chi connectivity index (χ1) is 16.5. The molecule has 2 saturated heterocycles. The topological polar surface area (TPSA) is 90.3 Å². The molecule has 2 aliphatic heterocycles. The number of phenols is 2. The Kier molecular flexibility index (Phi) is 4.53. The summed E-state index contributed by atoms with van der Waals surface area (Å²) in [6, 6.07) is 26.0. The largest absolute Gasteiger partial charge is 0.504 e. The van der Waals surface area contributed by atoms with E-state index in [-0.39, 0.29) is 17.4 Å². The lowest BCUT2D eigenvalue weighted by atomic mass is 9.90. The van der Waals surface area contributed by atoms with Crippen molar-refractivity contribution < 1.29 is 24.6 Å². The average Bonchev–Trinajstić information content (AvgIpc) is 3.37. The maximum absolute atomic E-state index is 13.8. The van der Waals surface area contributed by atoms with Crippen molar-refractivity contribution in [3.8, 4) is 11.5 Å². The van der Waals surface area contributed by atoms with Crippen molar-refractivity contribution in [2.75, 3.05) is 9.96 Å². The van der Waals surface area contributed by atoms with Crippen molar-refractivity contribution in [2.45, 2.75) is 12.1 Å². The van der Waals surface area contributed by atoms with Gasteiger partial charge >= 0.3 is 0 Å². The van der Waals surface area contributed by atoms with E-state index < -0.39 is 24.0 Å². The minimum atomic E-state index is -1.02. The summed E-state index contributed by atoms with van der Waals surface area (Å²) in [5.74, 6) is -2.22. The molecule has 4 aromatic rings. The molecule has 0 aromatic heterocycles. The fourth-order valence-corrected chi connectivity index (χ4v) is 4.92. The van der Waals surface area contributed by atoms with E-state index in [0.717, 1.165) is 10.8 Å². The molecule has 168 valence electrons. The third-order valence-corrected chi connectivity index (χ3v) is 6.47. The van der Waals surface area contributed by atoms with Crippen LogP contribution in [0.5, 0.6) is 11.5 Å². The van der Waals surface area contributed by atoms with Gasteiger partial charge < -0.3 is 10.2 Å². The highest BCUT2D eigenvalue weighted by Gasteiger charge is 2.60. The fourth-order valence-electron chi connectivity index (χ4n) is 4.92. The fraction of sp³-hybridized carbons (Fsp3) is 0.111. The number of fused-ring (bicyclic) bond motifs is 2. The SMILES string of the molecule is O=C1[C@H]2[C@H](ON(c3ccccc3)[C@@H]2c2ccc(O)c(O)c2)C(=O)N1c1cccc2ccccc12. The number of nitrogens with zero attached hydrogens (tertiary/aromatic N) is 2. The minimum absolute atomic E-state index is 0.267. The first-order valence-electron chi connectivity index (χ1n) is 10.9. The summed E-state index contributed by atoms with van der Waals surface area (Å²) in [4.78, 5) is 34.8. The number of benzene rings is 4. The van der Waals surface area contributed by atoms with E-state index in [0.29, 0.717) is 16.9 Å². The molecule has 0 bridgehead atoms. The smallest absolute Gasteiger partial charge is 0.266 e. The Labute approximate surface area is 195 Å². The normalized spacial score (nSPS) is 21.9. The van der Waals surface area contributed by atoms with Gasteiger partial charge in [0.05, 0.1) is 17.4 Å². The number of phenolic OH excluding ortho intramolecular Hbond substituents is 2. The molecular formula is C27H20N2O5. The first kappa shape index (κ1) is 20.3. The van der Waals surface area contributed by atoms with Crippen LogP contribution in [-0.4, -0.2) is 28.1 Å². The maximum Gasteiger partial charge on any atom is 0.266 e. The van der Waals surface area contributed by atoms with Crippen molar-refractivity contribution in [3.05, 3.63) is 96.6 Å². The minimum Gasteiger partial charge on any atom is -0.504 e. The van der Waals surface area contributed by atoms with Crippen molar-refractivity contribution in [2.24, 2.45) is 5.92 Å². The number of hydrogen-bond donors (Lipinski definition) is 2. The van der Waals surface area contributed by atoms with Crippen LogP contribution in [0.4, 0.5) is 11.4 Å². The van der Waals surface area contributed by atoms with Gasteiger partial charge in [-0.3, -0.25) is 14.4 Å². The number of para-hydroxylation sites is 1. The quantitative estimate of drug-likeness (QED) is 0.356. The van der Waals surface area contributed by atoms with Crippen LogP contribution in [0, 0.1) is 5.92 Å². The molecule has 2 heterocycles. The van der Waals surface area contributed by atoms with Crippen LogP contribution in [-0.2, 0) is 14.4 Å². The highest BCUT2D eigenvalue weighted by molar-refractivity contribution is 6.26. The van der Waals surface area contributed by atoms with Gasteiger partial charge in [0.15, 0.2) is 17.6 Å². The third kappa shape index (κ3) is 2.94. The van der Waals surface area contributed by atoms with Gasteiger partial charge in [0.1, 0.15) is 5.92 Å². The van der Waals surface area contributed by atoms with Gasteiger partial charge in [-0.25, -0.2) is 9.96 Å². The molecule has 0 radical (unpaired) electrons. The van der Waals surface area contributed by atoms with E-state index in [1.54, 1.807) is 17.2 Å². The molecule has 0 aliphatic carbocycles. The van der Waals surface area contributed by atoms with Crippen LogP contribution in [0.1, 0.15) is 11.6 Å². The van der Waals surface area contributed by atoms with Gasteiger partial charge in [0.25, 0.3) is 5.91 Å². The van der Waals surface area contributed by atoms with Crippen LogP contribution in [0.3, 0.4) is 0 Å². The highest BCUT2D eigenvalue weighted by Crippen LogP contribution is 2.49. The molecule has 2 N–H and O–H groups in total. The number of aromatic hydroxyl groups is 2. The first-order valence-corrected chi connectivity index (χ1v) is 10.9. The summed E-state index contributed by atoms with van der Waals surface area (Å²) in [5.41, 5.74) is 1.74.